The molecule has 19 heavy (non-hydrogen) atoms. The second-order valence-electron chi connectivity index (χ2n) is 5.37. The van der Waals surface area contributed by atoms with Gasteiger partial charge < -0.3 is 10.2 Å². The topological polar surface area (TPSA) is 71.2 Å². The lowest BCUT2D eigenvalue weighted by Gasteiger charge is -2.26. The van der Waals surface area contributed by atoms with Crippen molar-refractivity contribution in [3.8, 4) is 0 Å². The van der Waals surface area contributed by atoms with Crippen LogP contribution in [0.5, 0.6) is 0 Å². The number of rotatable bonds is 6. The highest BCUT2D eigenvalue weighted by molar-refractivity contribution is 5.42. The molecule has 0 spiro atoms. The Kier molecular flexibility index (Phi) is 4.26. The third-order valence-electron chi connectivity index (χ3n) is 3.06. The maximum absolute atomic E-state index is 4.30. The van der Waals surface area contributed by atoms with E-state index in [2.05, 4.69) is 58.8 Å². The summed E-state index contributed by atoms with van der Waals surface area (Å²) in [5.41, 5.74) is 0.650. The van der Waals surface area contributed by atoms with Crippen LogP contribution in [-0.4, -0.2) is 56.8 Å². The molecule has 0 saturated heterocycles. The van der Waals surface area contributed by atoms with Crippen LogP contribution < -0.4 is 5.32 Å². The molecule has 2 rings (SSSR count). The Bertz CT molecular complexity index is 520. The Morgan fingerprint density at radius 2 is 2.11 bits per heavy atom. The molecule has 0 aliphatic carbocycles. The van der Waals surface area contributed by atoms with E-state index in [9.17, 15) is 0 Å². The SMILES string of the molecule is CC(C)C[C@@H](CNc1ccc2nnnn2n1)N(C)C. The van der Waals surface area contributed by atoms with E-state index in [1.165, 1.54) is 4.63 Å². The highest BCUT2D eigenvalue weighted by atomic mass is 15.6. The molecule has 7 nitrogen and oxygen atoms in total. The fraction of sp³-hybridized carbons (Fsp3) is 0.667. The van der Waals surface area contributed by atoms with Crippen molar-refractivity contribution in [2.45, 2.75) is 26.3 Å². The van der Waals surface area contributed by atoms with Crippen molar-refractivity contribution >= 4 is 11.5 Å². The molecule has 0 saturated carbocycles. The maximum atomic E-state index is 4.30. The number of tetrazole rings is 1. The van der Waals surface area contributed by atoms with Crippen molar-refractivity contribution in [3.63, 3.8) is 0 Å². The second kappa shape index (κ2) is 5.92. The van der Waals surface area contributed by atoms with Gasteiger partial charge in [0.05, 0.1) is 0 Å². The summed E-state index contributed by atoms with van der Waals surface area (Å²) in [6.45, 7) is 5.33. The molecule has 0 unspecified atom stereocenters. The van der Waals surface area contributed by atoms with Crippen molar-refractivity contribution in [3.05, 3.63) is 12.1 Å². The molecule has 7 heteroatoms. The fourth-order valence-electron chi connectivity index (χ4n) is 1.99. The van der Waals surface area contributed by atoms with Gasteiger partial charge in [0.25, 0.3) is 0 Å². The third kappa shape index (κ3) is 3.60. The summed E-state index contributed by atoms with van der Waals surface area (Å²) < 4.78 is 1.43. The van der Waals surface area contributed by atoms with E-state index in [1.54, 1.807) is 0 Å². The zero-order valence-corrected chi connectivity index (χ0v) is 11.9. The Balaban J connectivity index is 1.99. The van der Waals surface area contributed by atoms with Gasteiger partial charge in [0.15, 0.2) is 5.65 Å². The third-order valence-corrected chi connectivity index (χ3v) is 3.06. The van der Waals surface area contributed by atoms with Gasteiger partial charge in [-0.2, -0.15) is 0 Å². The van der Waals surface area contributed by atoms with Crippen LogP contribution >= 0.6 is 0 Å². The molecule has 104 valence electrons. The van der Waals surface area contributed by atoms with E-state index in [1.807, 2.05) is 12.1 Å². The lowest BCUT2D eigenvalue weighted by Crippen LogP contribution is -2.35. The Morgan fingerprint density at radius 3 is 2.79 bits per heavy atom. The molecular weight excluding hydrogens is 242 g/mol. The van der Waals surface area contributed by atoms with Gasteiger partial charge in [0.1, 0.15) is 5.82 Å². The van der Waals surface area contributed by atoms with E-state index < -0.39 is 0 Å². The second-order valence-corrected chi connectivity index (χ2v) is 5.37. The molecule has 2 heterocycles. The van der Waals surface area contributed by atoms with Crippen LogP contribution in [0.3, 0.4) is 0 Å². The van der Waals surface area contributed by atoms with Gasteiger partial charge in [-0.05, 0) is 49.0 Å². The van der Waals surface area contributed by atoms with Crippen molar-refractivity contribution < 1.29 is 0 Å². The molecule has 0 fully saturated rings. The zero-order chi connectivity index (χ0) is 13.8. The fourth-order valence-corrected chi connectivity index (χ4v) is 1.99. The molecule has 2 aromatic heterocycles. The molecule has 0 aromatic carbocycles. The van der Waals surface area contributed by atoms with Gasteiger partial charge in [-0.1, -0.05) is 13.8 Å². The molecule has 1 N–H and O–H groups in total. The van der Waals surface area contributed by atoms with Crippen molar-refractivity contribution in [1.29, 1.82) is 0 Å². The van der Waals surface area contributed by atoms with Crippen LogP contribution in [-0.2, 0) is 0 Å². The minimum Gasteiger partial charge on any atom is -0.367 e. The monoisotopic (exact) mass is 263 g/mol. The summed E-state index contributed by atoms with van der Waals surface area (Å²) in [5, 5.41) is 18.8. The predicted octanol–water partition coefficient (Wildman–Crippen LogP) is 0.907. The molecule has 0 aliphatic rings. The highest BCUT2D eigenvalue weighted by Crippen LogP contribution is 2.10. The molecular formula is C12H21N7. The predicted molar refractivity (Wildman–Crippen MR) is 74.0 cm³/mol. The van der Waals surface area contributed by atoms with Crippen LogP contribution in [0, 0.1) is 5.92 Å². The average Bonchev–Trinajstić information content (AvgIpc) is 2.80. The average molecular weight is 263 g/mol. The first-order chi connectivity index (χ1) is 9.06. The Hall–Kier alpha value is -1.76. The normalized spacial score (nSPS) is 13.4. The first-order valence-corrected chi connectivity index (χ1v) is 6.52. The van der Waals surface area contributed by atoms with Gasteiger partial charge in [-0.3, -0.25) is 0 Å². The van der Waals surface area contributed by atoms with Gasteiger partial charge >= 0.3 is 0 Å². The molecule has 0 aliphatic heterocycles. The summed E-state index contributed by atoms with van der Waals surface area (Å²) in [6, 6.07) is 4.22. The van der Waals surface area contributed by atoms with Crippen LogP contribution in [0.25, 0.3) is 5.65 Å². The zero-order valence-electron chi connectivity index (χ0n) is 11.9. The number of anilines is 1. The lowest BCUT2D eigenvalue weighted by atomic mass is 10.0. The number of nitrogens with one attached hydrogen (secondary N) is 1. The van der Waals surface area contributed by atoms with Gasteiger partial charge in [0, 0.05) is 12.6 Å². The minimum absolute atomic E-state index is 0.478. The summed E-state index contributed by atoms with van der Waals surface area (Å²) in [6.07, 6.45) is 1.15. The number of fused-ring (bicyclic) bond motifs is 1. The van der Waals surface area contributed by atoms with Crippen molar-refractivity contribution in [2.75, 3.05) is 26.0 Å². The lowest BCUT2D eigenvalue weighted by molar-refractivity contribution is 0.265. The summed E-state index contributed by atoms with van der Waals surface area (Å²) in [4.78, 5) is 2.24. The van der Waals surface area contributed by atoms with Crippen molar-refractivity contribution in [1.82, 2.24) is 30.2 Å². The molecule has 1 atom stereocenters. The van der Waals surface area contributed by atoms with E-state index in [4.69, 9.17) is 0 Å². The number of hydrogen-bond acceptors (Lipinski definition) is 6. The van der Waals surface area contributed by atoms with Crippen LogP contribution in [0.15, 0.2) is 12.1 Å². The number of nitrogens with zero attached hydrogens (tertiary/aromatic N) is 6. The van der Waals surface area contributed by atoms with Gasteiger partial charge in [0.2, 0.25) is 0 Å². The van der Waals surface area contributed by atoms with E-state index in [-0.39, 0.29) is 0 Å². The first-order valence-electron chi connectivity index (χ1n) is 6.52. The van der Waals surface area contributed by atoms with Gasteiger partial charge in [-0.25, -0.2) is 0 Å². The quantitative estimate of drug-likeness (QED) is 0.835. The smallest absolute Gasteiger partial charge is 0.200 e. The number of hydrogen-bond donors (Lipinski definition) is 1. The summed E-state index contributed by atoms with van der Waals surface area (Å²) in [5.74, 6) is 1.46. The summed E-state index contributed by atoms with van der Waals surface area (Å²) >= 11 is 0. The van der Waals surface area contributed by atoms with E-state index in [0.29, 0.717) is 17.6 Å². The molecule has 0 amide bonds. The standard InChI is InChI=1S/C12H21N7/c1-9(2)7-10(18(3)4)8-13-11-5-6-12-14-16-17-19(12)15-11/h5-6,9-10H,7-8H2,1-4H3,(H,13,15)/t10-/m0/s1. The van der Waals surface area contributed by atoms with Crippen LogP contribution in [0.4, 0.5) is 5.82 Å². The highest BCUT2D eigenvalue weighted by Gasteiger charge is 2.13. The maximum Gasteiger partial charge on any atom is 0.200 e. The minimum atomic E-state index is 0.478. The molecule has 0 bridgehead atoms. The van der Waals surface area contributed by atoms with Crippen LogP contribution in [0.1, 0.15) is 20.3 Å². The Labute approximate surface area is 113 Å². The molecule has 2 aromatic rings. The number of likely N-dealkylation sites (N-methyl/N-ethyl adjacent to an activating group) is 1. The van der Waals surface area contributed by atoms with E-state index in [0.717, 1.165) is 18.8 Å². The van der Waals surface area contributed by atoms with Crippen molar-refractivity contribution in [2.24, 2.45) is 5.92 Å². The largest absolute Gasteiger partial charge is 0.367 e. The number of aromatic nitrogens is 5. The van der Waals surface area contributed by atoms with Gasteiger partial charge in [-0.15, -0.1) is 14.8 Å². The van der Waals surface area contributed by atoms with Crippen LogP contribution in [0.2, 0.25) is 0 Å². The molecule has 0 radical (unpaired) electrons. The Morgan fingerprint density at radius 1 is 1.32 bits per heavy atom. The summed E-state index contributed by atoms with van der Waals surface area (Å²) in [7, 11) is 4.21. The first kappa shape index (κ1) is 13.7. The van der Waals surface area contributed by atoms with E-state index >= 15 is 0 Å².